The maximum atomic E-state index is 11.5. The zero-order chi connectivity index (χ0) is 37.0. The predicted octanol–water partition coefficient (Wildman–Crippen LogP) is 10.8. The maximum Gasteiger partial charge on any atom is 0.303 e. The molecule has 1 saturated carbocycles. The Hall–Kier alpha value is -3.94. The zero-order valence-corrected chi connectivity index (χ0v) is 32.1. The minimum Gasteiger partial charge on any atom is -0.481 e. The van der Waals surface area contributed by atoms with Gasteiger partial charge >= 0.3 is 5.97 Å². The Morgan fingerprint density at radius 1 is 0.942 bits per heavy atom. The van der Waals surface area contributed by atoms with Gasteiger partial charge in [-0.05, 0) is 123 Å². The van der Waals surface area contributed by atoms with E-state index in [1.165, 1.54) is 24.0 Å². The van der Waals surface area contributed by atoms with Crippen molar-refractivity contribution in [2.24, 2.45) is 5.41 Å². The summed E-state index contributed by atoms with van der Waals surface area (Å²) in [6, 6.07) is 37.1. The molecule has 1 heterocycles. The van der Waals surface area contributed by atoms with Crippen molar-refractivity contribution in [1.82, 2.24) is 10.3 Å². The number of aliphatic carboxylic acids is 1. The molecule has 52 heavy (non-hydrogen) atoms. The zero-order valence-electron chi connectivity index (χ0n) is 30.5. The number of halogens is 1. The van der Waals surface area contributed by atoms with Crippen LogP contribution in [0.25, 0.3) is 23.1 Å². The molecule has 1 aromatic heterocycles. The largest absolute Gasteiger partial charge is 0.481 e. The van der Waals surface area contributed by atoms with Crippen LogP contribution in [-0.2, 0) is 23.2 Å². The number of carboxylic acid groups (broad SMARTS) is 1. The van der Waals surface area contributed by atoms with Crippen molar-refractivity contribution in [2.75, 3.05) is 19.3 Å². The Labute approximate surface area is 318 Å². The van der Waals surface area contributed by atoms with Gasteiger partial charge < -0.3 is 15.5 Å². The summed E-state index contributed by atoms with van der Waals surface area (Å²) in [5, 5.41) is 25.2. The van der Waals surface area contributed by atoms with Gasteiger partial charge in [-0.25, -0.2) is 4.98 Å². The number of benzene rings is 4. The monoisotopic (exact) mass is 734 g/mol. The average molecular weight is 735 g/mol. The second kappa shape index (κ2) is 18.7. The van der Waals surface area contributed by atoms with Crippen LogP contribution in [0.3, 0.4) is 0 Å². The van der Waals surface area contributed by atoms with Crippen LogP contribution in [0.2, 0.25) is 5.02 Å². The molecule has 0 unspecified atom stereocenters. The van der Waals surface area contributed by atoms with E-state index in [9.17, 15) is 15.0 Å². The third-order valence-electron chi connectivity index (χ3n) is 9.57. The van der Waals surface area contributed by atoms with Crippen LogP contribution >= 0.6 is 23.4 Å². The number of pyridine rings is 1. The highest BCUT2D eigenvalue weighted by molar-refractivity contribution is 7.99. The Bertz CT molecular complexity index is 1930. The lowest BCUT2D eigenvalue weighted by atomic mass is 9.90. The van der Waals surface area contributed by atoms with Gasteiger partial charge in [0.05, 0.1) is 23.2 Å². The Morgan fingerprint density at radius 3 is 2.42 bits per heavy atom. The van der Waals surface area contributed by atoms with Gasteiger partial charge in [0, 0.05) is 21.4 Å². The molecule has 1 fully saturated rings. The van der Waals surface area contributed by atoms with Gasteiger partial charge in [0.15, 0.2) is 0 Å². The second-order valence-electron chi connectivity index (χ2n) is 14.4. The van der Waals surface area contributed by atoms with E-state index in [1.54, 1.807) is 0 Å². The molecule has 4 aromatic carbocycles. The SMILES string of the molecule is CC(C)(O)c1ccccc1CC[C@@H](SCC1(CC(=O)O)CC1)c1cccc(/C=C/c2ccc3ccc(Cl)cc3n2)c1.CNCCCc1ccccc1. The highest BCUT2D eigenvalue weighted by Crippen LogP contribution is 2.53. The van der Waals surface area contributed by atoms with Gasteiger partial charge in [-0.15, -0.1) is 0 Å². The topological polar surface area (TPSA) is 82.5 Å². The number of thioether (sulfide) groups is 1. The highest BCUT2D eigenvalue weighted by Gasteiger charge is 2.44. The van der Waals surface area contributed by atoms with Gasteiger partial charge in [-0.2, -0.15) is 11.8 Å². The first-order chi connectivity index (χ1) is 25.0. The molecule has 0 radical (unpaired) electrons. The van der Waals surface area contributed by atoms with Crippen molar-refractivity contribution in [2.45, 2.75) is 69.6 Å². The van der Waals surface area contributed by atoms with Crippen LogP contribution in [0.1, 0.15) is 84.7 Å². The van der Waals surface area contributed by atoms with E-state index >= 15 is 0 Å². The van der Waals surface area contributed by atoms with Gasteiger partial charge in [0.25, 0.3) is 0 Å². The first kappa shape index (κ1) is 39.3. The number of aliphatic hydroxyl groups is 1. The van der Waals surface area contributed by atoms with Gasteiger partial charge in [0.1, 0.15) is 0 Å². The summed E-state index contributed by atoms with van der Waals surface area (Å²) in [7, 11) is 1.99. The third-order valence-corrected chi connectivity index (χ3v) is 11.5. The van der Waals surface area contributed by atoms with Crippen LogP contribution in [-0.4, -0.2) is 40.5 Å². The molecule has 7 heteroatoms. The van der Waals surface area contributed by atoms with Crippen molar-refractivity contribution in [3.8, 4) is 0 Å². The molecule has 0 saturated heterocycles. The summed E-state index contributed by atoms with van der Waals surface area (Å²) in [5.41, 5.74) is 6.59. The summed E-state index contributed by atoms with van der Waals surface area (Å²) in [6.45, 7) is 4.76. The smallest absolute Gasteiger partial charge is 0.303 e. The van der Waals surface area contributed by atoms with Crippen LogP contribution < -0.4 is 5.32 Å². The maximum absolute atomic E-state index is 11.5. The molecule has 1 atom stereocenters. The Morgan fingerprint density at radius 2 is 1.69 bits per heavy atom. The van der Waals surface area contributed by atoms with Crippen molar-refractivity contribution in [1.29, 1.82) is 0 Å². The van der Waals surface area contributed by atoms with E-state index in [0.717, 1.165) is 71.3 Å². The Balaban J connectivity index is 0.000000407. The molecule has 0 spiro atoms. The molecule has 5 aromatic rings. The number of rotatable bonds is 16. The van der Waals surface area contributed by atoms with Crippen molar-refractivity contribution in [3.63, 3.8) is 0 Å². The number of fused-ring (bicyclic) bond motifs is 1. The lowest BCUT2D eigenvalue weighted by molar-refractivity contribution is -0.138. The van der Waals surface area contributed by atoms with Gasteiger partial charge in [0.2, 0.25) is 0 Å². The molecule has 5 nitrogen and oxygen atoms in total. The van der Waals surface area contributed by atoms with Gasteiger partial charge in [-0.1, -0.05) is 109 Å². The minimum absolute atomic E-state index is 0.0814. The molecule has 6 rings (SSSR count). The predicted molar refractivity (Wildman–Crippen MR) is 220 cm³/mol. The number of carboxylic acids is 1. The summed E-state index contributed by atoms with van der Waals surface area (Å²) < 4.78 is 0. The highest BCUT2D eigenvalue weighted by atomic mass is 35.5. The molecule has 0 amide bonds. The fourth-order valence-corrected chi connectivity index (χ4v) is 8.21. The molecular formula is C45H51ClN2O3S. The third kappa shape index (κ3) is 12.1. The van der Waals surface area contributed by atoms with Gasteiger partial charge in [-0.3, -0.25) is 4.79 Å². The quantitative estimate of drug-likeness (QED) is 0.0876. The number of aromatic nitrogens is 1. The van der Waals surface area contributed by atoms with E-state index in [2.05, 4.69) is 78.1 Å². The van der Waals surface area contributed by atoms with Crippen molar-refractivity contribution >= 4 is 52.4 Å². The number of aryl methyl sites for hydroxylation is 2. The number of hydrogen-bond donors (Lipinski definition) is 3. The minimum atomic E-state index is -0.911. The van der Waals surface area contributed by atoms with E-state index < -0.39 is 11.6 Å². The number of nitrogens with zero attached hydrogens (tertiary/aromatic N) is 1. The molecule has 3 N–H and O–H groups in total. The summed E-state index contributed by atoms with van der Waals surface area (Å²) in [5.74, 6) is 0.122. The van der Waals surface area contributed by atoms with E-state index in [4.69, 9.17) is 16.6 Å². The standard InChI is InChI=1S/C35H36ClNO3S.C10H15N/c1-34(2,40)30-9-4-3-7-25(30)13-17-32(41-23-35(18-19-35)22-33(38)39)27-8-5-6-24(20-27)10-15-29-16-12-26-11-14-28(36)21-31(26)37-29;1-11-9-5-8-10-6-3-2-4-7-10/h3-12,14-16,20-21,32,40H,13,17-19,22-23H2,1-2H3,(H,38,39);2-4,6-7,11H,5,8-9H2,1H3/b15-10+;/t32-;/m1./s1. The second-order valence-corrected chi connectivity index (χ2v) is 16.0. The van der Waals surface area contributed by atoms with Crippen LogP contribution in [0.4, 0.5) is 0 Å². The Kier molecular flexibility index (Phi) is 14.1. The molecule has 1 aliphatic rings. The first-order valence-electron chi connectivity index (χ1n) is 18.2. The lowest BCUT2D eigenvalue weighted by Gasteiger charge is -2.24. The van der Waals surface area contributed by atoms with E-state index in [-0.39, 0.29) is 17.1 Å². The summed E-state index contributed by atoms with van der Waals surface area (Å²) in [6.07, 6.45) is 10.4. The molecule has 1 aliphatic carbocycles. The van der Waals surface area contributed by atoms with E-state index in [1.807, 2.05) is 81.2 Å². The fourth-order valence-electron chi connectivity index (χ4n) is 6.47. The normalized spacial score (nSPS) is 14.2. The van der Waals surface area contributed by atoms with Crippen LogP contribution in [0.5, 0.6) is 0 Å². The molecule has 0 bridgehead atoms. The first-order valence-corrected chi connectivity index (χ1v) is 19.6. The number of carbonyl (C=O) groups is 1. The summed E-state index contributed by atoms with van der Waals surface area (Å²) in [4.78, 5) is 16.2. The van der Waals surface area contributed by atoms with Crippen LogP contribution in [0.15, 0.2) is 109 Å². The fraction of sp³-hybridized carbons (Fsp3) is 0.333. The molecular weight excluding hydrogens is 684 g/mol. The number of hydrogen-bond acceptors (Lipinski definition) is 5. The van der Waals surface area contributed by atoms with Crippen molar-refractivity contribution < 1.29 is 15.0 Å². The summed E-state index contributed by atoms with van der Waals surface area (Å²) >= 11 is 8.04. The van der Waals surface area contributed by atoms with E-state index in [0.29, 0.717) is 5.02 Å². The van der Waals surface area contributed by atoms with Crippen LogP contribution in [0, 0.1) is 5.41 Å². The number of nitrogens with one attached hydrogen (secondary N) is 1. The van der Waals surface area contributed by atoms with Crippen molar-refractivity contribution in [3.05, 3.63) is 148 Å². The molecule has 272 valence electrons. The lowest BCUT2D eigenvalue weighted by Crippen LogP contribution is -2.18. The molecule has 0 aliphatic heterocycles. The average Bonchev–Trinajstić information content (AvgIpc) is 3.89.